The van der Waals surface area contributed by atoms with Crippen LogP contribution in [-0.4, -0.2) is 46.5 Å². The fraction of sp³-hybridized carbons (Fsp3) is 0.478. The minimum absolute atomic E-state index is 0.0109. The van der Waals surface area contributed by atoms with Crippen molar-refractivity contribution in [2.75, 3.05) is 25.1 Å². The van der Waals surface area contributed by atoms with E-state index in [1.54, 1.807) is 0 Å². The number of carbonyl (C=O) groups is 1. The first kappa shape index (κ1) is 22.0. The van der Waals surface area contributed by atoms with E-state index in [1.807, 2.05) is 23.3 Å². The topological polar surface area (TPSA) is 118 Å². The van der Waals surface area contributed by atoms with Crippen LogP contribution < -0.4 is 20.8 Å². The SMILES string of the molecule is COc1c(N2CCC(C(C)(C)N)C2)c(F)cc2c(=O)c3c(O)c(C(=O)O)sc3n(C3CC3)c12. The molecule has 4 N–H and O–H groups in total. The number of carboxylic acids is 1. The van der Waals surface area contributed by atoms with E-state index < -0.39 is 28.5 Å². The Morgan fingerprint density at radius 3 is 2.58 bits per heavy atom. The minimum Gasteiger partial charge on any atom is -0.505 e. The normalized spacial score (nSPS) is 19.1. The van der Waals surface area contributed by atoms with Crippen LogP contribution in [0.4, 0.5) is 10.1 Å². The summed E-state index contributed by atoms with van der Waals surface area (Å²) >= 11 is 0.855. The van der Waals surface area contributed by atoms with Gasteiger partial charge in [0.15, 0.2) is 22.2 Å². The van der Waals surface area contributed by atoms with Gasteiger partial charge in [-0.25, -0.2) is 9.18 Å². The van der Waals surface area contributed by atoms with Crippen molar-refractivity contribution in [2.24, 2.45) is 11.7 Å². The van der Waals surface area contributed by atoms with Crippen molar-refractivity contribution in [3.8, 4) is 11.5 Å². The van der Waals surface area contributed by atoms with Crippen molar-refractivity contribution < 1.29 is 24.1 Å². The monoisotopic (exact) mass is 475 g/mol. The summed E-state index contributed by atoms with van der Waals surface area (Å²) in [5.41, 5.74) is 6.00. The number of ether oxygens (including phenoxy) is 1. The largest absolute Gasteiger partial charge is 0.505 e. The molecular weight excluding hydrogens is 449 g/mol. The maximum absolute atomic E-state index is 15.6. The molecule has 1 aliphatic heterocycles. The molecule has 0 amide bonds. The number of hydrogen-bond acceptors (Lipinski definition) is 7. The quantitative estimate of drug-likeness (QED) is 0.515. The summed E-state index contributed by atoms with van der Waals surface area (Å²) in [6, 6.07) is 1.20. The molecule has 2 aromatic heterocycles. The van der Waals surface area contributed by atoms with Crippen LogP contribution in [0, 0.1) is 11.7 Å². The van der Waals surface area contributed by atoms with E-state index in [2.05, 4.69) is 0 Å². The molecule has 8 nitrogen and oxygen atoms in total. The molecule has 1 aromatic carbocycles. The molecule has 3 aromatic rings. The van der Waals surface area contributed by atoms with E-state index in [4.69, 9.17) is 10.5 Å². The van der Waals surface area contributed by atoms with Crippen molar-refractivity contribution in [3.05, 3.63) is 27.0 Å². The number of rotatable bonds is 5. The van der Waals surface area contributed by atoms with Gasteiger partial charge in [0.1, 0.15) is 15.9 Å². The zero-order chi connectivity index (χ0) is 23.8. The van der Waals surface area contributed by atoms with Gasteiger partial charge in [-0.3, -0.25) is 4.79 Å². The number of fused-ring (bicyclic) bond motifs is 2. The van der Waals surface area contributed by atoms with Crippen LogP contribution in [0.1, 0.15) is 48.8 Å². The van der Waals surface area contributed by atoms with Crippen LogP contribution in [-0.2, 0) is 0 Å². The van der Waals surface area contributed by atoms with Gasteiger partial charge in [-0.05, 0) is 45.1 Å². The molecule has 3 heterocycles. The Morgan fingerprint density at radius 1 is 1.33 bits per heavy atom. The Morgan fingerprint density at radius 2 is 2.03 bits per heavy atom. The van der Waals surface area contributed by atoms with E-state index in [1.165, 1.54) is 13.2 Å². The number of aromatic hydroxyl groups is 1. The van der Waals surface area contributed by atoms with Gasteiger partial charge >= 0.3 is 5.97 Å². The lowest BCUT2D eigenvalue weighted by molar-refractivity contribution is 0.0699. The summed E-state index contributed by atoms with van der Waals surface area (Å²) < 4.78 is 23.1. The average molecular weight is 476 g/mol. The predicted molar refractivity (Wildman–Crippen MR) is 126 cm³/mol. The fourth-order valence-corrected chi connectivity index (χ4v) is 6.03. The molecule has 2 fully saturated rings. The number of aromatic carboxylic acids is 1. The van der Waals surface area contributed by atoms with Gasteiger partial charge in [-0.15, -0.1) is 11.3 Å². The summed E-state index contributed by atoms with van der Waals surface area (Å²) in [4.78, 5) is 27.0. The van der Waals surface area contributed by atoms with Crippen molar-refractivity contribution in [3.63, 3.8) is 0 Å². The standard InChI is InChI=1S/C23H26FN3O5S/c1-23(2,25)10-6-7-26(9-10)16-13(24)8-12-15(19(16)32-3)27(11-4-5-11)21-14(17(12)28)18(29)20(33-21)22(30)31/h8,10-11,29H,4-7,9,25H2,1-3H3,(H,30,31). The van der Waals surface area contributed by atoms with Gasteiger partial charge in [0, 0.05) is 24.7 Å². The average Bonchev–Trinajstić information content (AvgIpc) is 3.32. The van der Waals surface area contributed by atoms with Crippen LogP contribution >= 0.6 is 11.3 Å². The maximum atomic E-state index is 15.6. The van der Waals surface area contributed by atoms with E-state index in [9.17, 15) is 19.8 Å². The summed E-state index contributed by atoms with van der Waals surface area (Å²) in [5.74, 6) is -2.07. The van der Waals surface area contributed by atoms with Gasteiger partial charge in [-0.1, -0.05) is 0 Å². The number of pyridine rings is 1. The highest BCUT2D eigenvalue weighted by atomic mass is 32.1. The fourth-order valence-electron chi connectivity index (χ4n) is 4.92. The smallest absolute Gasteiger partial charge is 0.349 e. The first-order valence-electron chi connectivity index (χ1n) is 10.9. The number of methoxy groups -OCH3 is 1. The van der Waals surface area contributed by atoms with Crippen LogP contribution in [0.2, 0.25) is 0 Å². The van der Waals surface area contributed by atoms with Crippen LogP contribution in [0.3, 0.4) is 0 Å². The second kappa shape index (κ2) is 7.33. The molecule has 1 unspecified atom stereocenters. The Labute approximate surface area is 193 Å². The highest BCUT2D eigenvalue weighted by Crippen LogP contribution is 2.49. The van der Waals surface area contributed by atoms with Crippen molar-refractivity contribution in [1.82, 2.24) is 4.57 Å². The number of nitrogens with two attached hydrogens (primary N) is 1. The van der Waals surface area contributed by atoms with Crippen molar-refractivity contribution >= 4 is 44.1 Å². The highest BCUT2D eigenvalue weighted by Gasteiger charge is 2.37. The first-order chi connectivity index (χ1) is 15.5. The van der Waals surface area contributed by atoms with Gasteiger partial charge in [0.05, 0.1) is 18.0 Å². The molecule has 0 spiro atoms. The number of halogens is 1. The third-order valence-corrected chi connectivity index (χ3v) is 8.01. The minimum atomic E-state index is -1.31. The molecule has 1 saturated heterocycles. The van der Waals surface area contributed by atoms with Crippen LogP contribution in [0.15, 0.2) is 10.9 Å². The van der Waals surface area contributed by atoms with Gasteiger partial charge in [0.2, 0.25) is 5.43 Å². The summed E-state index contributed by atoms with van der Waals surface area (Å²) in [6.07, 6.45) is 2.47. The zero-order valence-corrected chi connectivity index (χ0v) is 19.5. The van der Waals surface area contributed by atoms with Gasteiger partial charge in [-0.2, -0.15) is 0 Å². The lowest BCUT2D eigenvalue weighted by Gasteiger charge is -2.28. The van der Waals surface area contributed by atoms with E-state index in [-0.39, 0.29) is 39.0 Å². The third kappa shape index (κ3) is 3.26. The number of benzene rings is 1. The Bertz CT molecular complexity index is 1370. The molecule has 2 aliphatic rings. The Kier molecular flexibility index (Phi) is 4.88. The molecule has 1 saturated carbocycles. The molecule has 33 heavy (non-hydrogen) atoms. The Hall–Kier alpha value is -2.85. The number of carboxylic acid groups (broad SMARTS) is 1. The second-order valence-electron chi connectivity index (χ2n) is 9.58. The molecule has 1 atom stereocenters. The van der Waals surface area contributed by atoms with Gasteiger partial charge in [0.25, 0.3) is 0 Å². The highest BCUT2D eigenvalue weighted by molar-refractivity contribution is 7.20. The van der Waals surface area contributed by atoms with E-state index >= 15 is 4.39 Å². The molecule has 0 radical (unpaired) electrons. The Balaban J connectivity index is 1.84. The first-order valence-corrected chi connectivity index (χ1v) is 11.7. The number of nitrogens with zero attached hydrogens (tertiary/aromatic N) is 2. The van der Waals surface area contributed by atoms with E-state index in [0.29, 0.717) is 23.4 Å². The van der Waals surface area contributed by atoms with Crippen molar-refractivity contribution in [2.45, 2.75) is 44.7 Å². The lowest BCUT2D eigenvalue weighted by Crippen LogP contribution is -2.42. The molecule has 10 heteroatoms. The van der Waals surface area contributed by atoms with Crippen LogP contribution in [0.25, 0.3) is 21.1 Å². The zero-order valence-electron chi connectivity index (χ0n) is 18.6. The molecular formula is C23H26FN3O5S. The number of thiophene rings is 1. The second-order valence-corrected chi connectivity index (χ2v) is 10.6. The van der Waals surface area contributed by atoms with Crippen molar-refractivity contribution in [1.29, 1.82) is 0 Å². The summed E-state index contributed by atoms with van der Waals surface area (Å²) in [7, 11) is 1.44. The predicted octanol–water partition coefficient (Wildman–Crippen LogP) is 3.67. The summed E-state index contributed by atoms with van der Waals surface area (Å²) in [6.45, 7) is 5.07. The number of aromatic nitrogens is 1. The maximum Gasteiger partial charge on any atom is 0.349 e. The van der Waals surface area contributed by atoms with Gasteiger partial charge < -0.3 is 30.2 Å². The third-order valence-electron chi connectivity index (χ3n) is 6.85. The number of hydrogen-bond donors (Lipinski definition) is 3. The van der Waals surface area contributed by atoms with Crippen LogP contribution in [0.5, 0.6) is 11.5 Å². The van der Waals surface area contributed by atoms with E-state index in [0.717, 1.165) is 30.6 Å². The molecule has 1 aliphatic carbocycles. The molecule has 0 bridgehead atoms. The molecule has 176 valence electrons. The molecule has 5 rings (SSSR count). The number of anilines is 1. The lowest BCUT2D eigenvalue weighted by atomic mass is 9.88. The summed E-state index contributed by atoms with van der Waals surface area (Å²) in [5, 5.41) is 20.0.